The number of aliphatic carboxylic acids is 1. The minimum atomic E-state index is -1.42. The van der Waals surface area contributed by atoms with Crippen LogP contribution in [0.3, 0.4) is 0 Å². The first kappa shape index (κ1) is 18.5. The van der Waals surface area contributed by atoms with Gasteiger partial charge in [-0.3, -0.25) is 4.79 Å². The first-order valence-electron chi connectivity index (χ1n) is 8.25. The molecule has 0 saturated carbocycles. The summed E-state index contributed by atoms with van der Waals surface area (Å²) in [6.07, 6.45) is 0.916. The van der Waals surface area contributed by atoms with Crippen molar-refractivity contribution in [1.29, 1.82) is 0 Å². The Morgan fingerprint density at radius 3 is 2.32 bits per heavy atom. The van der Waals surface area contributed by atoms with E-state index in [-0.39, 0.29) is 18.7 Å². The number of ether oxygens (including phenoxy) is 1. The molecule has 0 heterocycles. The Morgan fingerprint density at radius 1 is 1.08 bits per heavy atom. The molecule has 0 bridgehead atoms. The number of nitrogens with one attached hydrogen (secondary N) is 1. The second-order valence-corrected chi connectivity index (χ2v) is 5.79. The van der Waals surface area contributed by atoms with Crippen molar-refractivity contribution in [3.63, 3.8) is 0 Å². The summed E-state index contributed by atoms with van der Waals surface area (Å²) in [5.41, 5.74) is 0.0620. The molecule has 2 aromatic carbocycles. The number of para-hydroxylation sites is 1. The summed E-state index contributed by atoms with van der Waals surface area (Å²) < 4.78 is 5.28. The predicted molar refractivity (Wildman–Crippen MR) is 95.5 cm³/mol. The Morgan fingerprint density at radius 2 is 1.72 bits per heavy atom. The van der Waals surface area contributed by atoms with Gasteiger partial charge in [-0.05, 0) is 30.0 Å². The van der Waals surface area contributed by atoms with E-state index in [4.69, 9.17) is 4.74 Å². The normalized spacial score (nSPS) is 12.9. The van der Waals surface area contributed by atoms with Crippen molar-refractivity contribution in [3.05, 3.63) is 65.7 Å². The fraction of sp³-hybridized carbons (Fsp3) is 0.300. The van der Waals surface area contributed by atoms with E-state index < -0.39 is 11.5 Å². The molecule has 0 saturated heterocycles. The third kappa shape index (κ3) is 4.18. The van der Waals surface area contributed by atoms with Crippen LogP contribution in [0.5, 0.6) is 5.75 Å². The van der Waals surface area contributed by atoms with Crippen molar-refractivity contribution in [2.45, 2.75) is 31.7 Å². The van der Waals surface area contributed by atoms with Gasteiger partial charge in [0, 0.05) is 6.42 Å². The number of aryl methyl sites for hydroxylation is 1. The summed E-state index contributed by atoms with van der Waals surface area (Å²) in [6.45, 7) is 1.75. The van der Waals surface area contributed by atoms with Gasteiger partial charge in [-0.1, -0.05) is 55.5 Å². The lowest BCUT2D eigenvalue weighted by molar-refractivity contribution is -0.148. The summed E-state index contributed by atoms with van der Waals surface area (Å²) in [5.74, 6) is -0.649. The molecule has 2 aromatic rings. The van der Waals surface area contributed by atoms with Gasteiger partial charge >= 0.3 is 5.97 Å². The minimum Gasteiger partial charge on any atom is -0.496 e. The molecule has 5 nitrogen and oxygen atoms in total. The fourth-order valence-electron chi connectivity index (χ4n) is 2.87. The van der Waals surface area contributed by atoms with Crippen molar-refractivity contribution >= 4 is 11.9 Å². The highest BCUT2D eigenvalue weighted by Gasteiger charge is 2.39. The molecule has 25 heavy (non-hydrogen) atoms. The Kier molecular flexibility index (Phi) is 6.17. The van der Waals surface area contributed by atoms with Gasteiger partial charge in [-0.2, -0.15) is 0 Å². The first-order chi connectivity index (χ1) is 12.0. The van der Waals surface area contributed by atoms with Gasteiger partial charge < -0.3 is 15.2 Å². The first-order valence-corrected chi connectivity index (χ1v) is 8.25. The molecule has 0 aromatic heterocycles. The molecule has 1 unspecified atom stereocenters. The van der Waals surface area contributed by atoms with Crippen LogP contribution >= 0.6 is 0 Å². The lowest BCUT2D eigenvalue weighted by atomic mass is 9.87. The number of rotatable bonds is 8. The average molecular weight is 341 g/mol. The van der Waals surface area contributed by atoms with Crippen LogP contribution in [0, 0.1) is 0 Å². The summed E-state index contributed by atoms with van der Waals surface area (Å²) >= 11 is 0. The Balaban J connectivity index is 2.14. The number of hydrogen-bond donors (Lipinski definition) is 2. The highest BCUT2D eigenvalue weighted by Crippen LogP contribution is 2.26. The molecule has 1 atom stereocenters. The van der Waals surface area contributed by atoms with Crippen LogP contribution in [0.4, 0.5) is 0 Å². The van der Waals surface area contributed by atoms with E-state index in [2.05, 4.69) is 5.32 Å². The molecule has 2 N–H and O–H groups in total. The fourth-order valence-corrected chi connectivity index (χ4v) is 2.87. The van der Waals surface area contributed by atoms with E-state index in [1.165, 1.54) is 0 Å². The van der Waals surface area contributed by atoms with E-state index >= 15 is 0 Å². The predicted octanol–water partition coefficient (Wildman–Crippen LogP) is 3.13. The van der Waals surface area contributed by atoms with E-state index in [0.717, 1.165) is 11.3 Å². The van der Waals surface area contributed by atoms with Crippen LogP contribution in [0.2, 0.25) is 0 Å². The maximum absolute atomic E-state index is 12.5. The molecule has 0 fully saturated rings. The van der Waals surface area contributed by atoms with Crippen molar-refractivity contribution in [1.82, 2.24) is 5.32 Å². The number of carboxylic acids is 1. The smallest absolute Gasteiger partial charge is 0.334 e. The van der Waals surface area contributed by atoms with Gasteiger partial charge in [-0.15, -0.1) is 0 Å². The molecule has 5 heteroatoms. The number of carbonyl (C=O) groups is 2. The molecule has 1 amide bonds. The van der Waals surface area contributed by atoms with Gasteiger partial charge in [0.05, 0.1) is 7.11 Å². The lowest BCUT2D eigenvalue weighted by Crippen LogP contribution is -2.51. The lowest BCUT2D eigenvalue weighted by Gasteiger charge is -2.30. The van der Waals surface area contributed by atoms with Gasteiger partial charge in [-0.25, -0.2) is 4.79 Å². The molecule has 0 aliphatic rings. The third-order valence-corrected chi connectivity index (χ3v) is 4.33. The van der Waals surface area contributed by atoms with Gasteiger partial charge in [0.25, 0.3) is 0 Å². The quantitative estimate of drug-likeness (QED) is 0.773. The van der Waals surface area contributed by atoms with E-state index in [9.17, 15) is 14.7 Å². The molecular formula is C20H23NO4. The summed E-state index contributed by atoms with van der Waals surface area (Å²) in [6, 6.07) is 16.3. The zero-order valence-corrected chi connectivity index (χ0v) is 14.5. The third-order valence-electron chi connectivity index (χ3n) is 4.33. The molecule has 0 radical (unpaired) electrons. The highest BCUT2D eigenvalue weighted by molar-refractivity contribution is 5.88. The number of carbonyl (C=O) groups excluding carboxylic acids is 1. The van der Waals surface area contributed by atoms with Crippen molar-refractivity contribution in [2.75, 3.05) is 7.11 Å². The number of hydrogen-bond acceptors (Lipinski definition) is 3. The molecule has 0 aliphatic heterocycles. The Hall–Kier alpha value is -2.82. The van der Waals surface area contributed by atoms with Gasteiger partial charge in [0.1, 0.15) is 5.75 Å². The second-order valence-electron chi connectivity index (χ2n) is 5.79. The van der Waals surface area contributed by atoms with E-state index in [1.807, 2.05) is 30.3 Å². The van der Waals surface area contributed by atoms with Crippen LogP contribution in [0.15, 0.2) is 54.6 Å². The zero-order chi connectivity index (χ0) is 18.3. The SMILES string of the molecule is CCC(NC(=O)CCc1ccccc1OC)(C(=O)O)c1ccccc1. The molecule has 0 aliphatic carbocycles. The monoisotopic (exact) mass is 341 g/mol. The second kappa shape index (κ2) is 8.33. The molecular weight excluding hydrogens is 318 g/mol. The Labute approximate surface area is 147 Å². The maximum atomic E-state index is 12.5. The zero-order valence-electron chi connectivity index (χ0n) is 14.5. The van der Waals surface area contributed by atoms with Crippen molar-refractivity contribution in [2.24, 2.45) is 0 Å². The summed E-state index contributed by atoms with van der Waals surface area (Å²) in [7, 11) is 1.58. The standard InChI is InChI=1S/C20H23NO4/c1-3-20(19(23)24,16-10-5-4-6-11-16)21-18(22)14-13-15-9-7-8-12-17(15)25-2/h4-12H,3,13-14H2,1-2H3,(H,21,22)(H,23,24). The van der Waals surface area contributed by atoms with E-state index in [1.54, 1.807) is 38.3 Å². The minimum absolute atomic E-state index is 0.183. The molecule has 132 valence electrons. The van der Waals surface area contributed by atoms with Crippen LogP contribution in [-0.4, -0.2) is 24.1 Å². The summed E-state index contributed by atoms with van der Waals surface area (Å²) in [5, 5.41) is 12.5. The summed E-state index contributed by atoms with van der Waals surface area (Å²) in [4.78, 5) is 24.4. The van der Waals surface area contributed by atoms with Gasteiger partial charge in [0.15, 0.2) is 5.54 Å². The Bertz CT molecular complexity index is 729. The van der Waals surface area contributed by atoms with Crippen LogP contribution in [0.25, 0.3) is 0 Å². The molecule has 2 rings (SSSR count). The van der Waals surface area contributed by atoms with Crippen LogP contribution in [0.1, 0.15) is 30.9 Å². The van der Waals surface area contributed by atoms with Crippen molar-refractivity contribution < 1.29 is 19.4 Å². The van der Waals surface area contributed by atoms with Crippen LogP contribution < -0.4 is 10.1 Å². The largest absolute Gasteiger partial charge is 0.496 e. The van der Waals surface area contributed by atoms with Crippen molar-refractivity contribution in [3.8, 4) is 5.75 Å². The number of methoxy groups -OCH3 is 1. The number of amides is 1. The molecule has 0 spiro atoms. The highest BCUT2D eigenvalue weighted by atomic mass is 16.5. The van der Waals surface area contributed by atoms with E-state index in [0.29, 0.717) is 12.0 Å². The van der Waals surface area contributed by atoms with Crippen LogP contribution in [-0.2, 0) is 21.5 Å². The van der Waals surface area contributed by atoms with Gasteiger partial charge in [0.2, 0.25) is 5.91 Å². The maximum Gasteiger partial charge on any atom is 0.334 e. The average Bonchev–Trinajstić information content (AvgIpc) is 2.65. The number of carboxylic acid groups (broad SMARTS) is 1. The topological polar surface area (TPSA) is 75.6 Å². The number of benzene rings is 2.